The average molecular weight is 474 g/mol. The Morgan fingerprint density at radius 1 is 1.09 bits per heavy atom. The summed E-state index contributed by atoms with van der Waals surface area (Å²) in [5.74, 6) is -1.21. The number of hydrogen-bond acceptors (Lipinski definition) is 5. The molecule has 1 aromatic carbocycles. The van der Waals surface area contributed by atoms with Gasteiger partial charge in [-0.3, -0.25) is 24.0 Å². The SMILES string of the molecule is CC(=O)CNC(=O)c1cc(Cl)cc(C)c1NC(=O)c1cc(C)n(Cc2ncccc2Cl)n1. The zero-order valence-electron chi connectivity index (χ0n) is 17.7. The minimum Gasteiger partial charge on any atom is -0.345 e. The van der Waals surface area contributed by atoms with Crippen molar-refractivity contribution in [3.8, 4) is 0 Å². The van der Waals surface area contributed by atoms with Gasteiger partial charge in [0.25, 0.3) is 11.8 Å². The van der Waals surface area contributed by atoms with E-state index in [0.717, 1.165) is 5.69 Å². The van der Waals surface area contributed by atoms with Crippen molar-refractivity contribution in [3.63, 3.8) is 0 Å². The van der Waals surface area contributed by atoms with Crippen molar-refractivity contribution < 1.29 is 14.4 Å². The lowest BCUT2D eigenvalue weighted by molar-refractivity contribution is -0.116. The molecule has 0 saturated heterocycles. The number of carbonyl (C=O) groups excluding carboxylic acids is 3. The molecule has 0 aliphatic heterocycles. The fourth-order valence-electron chi connectivity index (χ4n) is 3.02. The lowest BCUT2D eigenvalue weighted by Crippen LogP contribution is -2.29. The van der Waals surface area contributed by atoms with Gasteiger partial charge in [0.2, 0.25) is 0 Å². The van der Waals surface area contributed by atoms with Crippen LogP contribution in [0.2, 0.25) is 10.0 Å². The van der Waals surface area contributed by atoms with Crippen LogP contribution in [0, 0.1) is 13.8 Å². The molecule has 3 aromatic rings. The third-order valence-corrected chi connectivity index (χ3v) is 5.19. The summed E-state index contributed by atoms with van der Waals surface area (Å²) < 4.78 is 1.62. The summed E-state index contributed by atoms with van der Waals surface area (Å²) >= 11 is 12.3. The van der Waals surface area contributed by atoms with Gasteiger partial charge in [-0.2, -0.15) is 5.10 Å². The quantitative estimate of drug-likeness (QED) is 0.542. The Labute approximate surface area is 194 Å². The third kappa shape index (κ3) is 5.52. The van der Waals surface area contributed by atoms with Gasteiger partial charge in [0.1, 0.15) is 5.78 Å². The highest BCUT2D eigenvalue weighted by Gasteiger charge is 2.20. The van der Waals surface area contributed by atoms with Crippen molar-refractivity contribution in [2.75, 3.05) is 11.9 Å². The van der Waals surface area contributed by atoms with E-state index in [-0.39, 0.29) is 23.6 Å². The van der Waals surface area contributed by atoms with Crippen LogP contribution in [0.4, 0.5) is 5.69 Å². The first-order valence-electron chi connectivity index (χ1n) is 9.68. The molecule has 2 aromatic heterocycles. The minimum absolute atomic E-state index is 0.128. The van der Waals surface area contributed by atoms with E-state index in [9.17, 15) is 14.4 Å². The summed E-state index contributed by atoms with van der Waals surface area (Å²) in [5, 5.41) is 10.5. The van der Waals surface area contributed by atoms with Gasteiger partial charge in [0.05, 0.1) is 35.1 Å². The zero-order valence-corrected chi connectivity index (χ0v) is 19.2. The predicted octanol–water partition coefficient (Wildman–Crippen LogP) is 3.82. The van der Waals surface area contributed by atoms with Crippen molar-refractivity contribution in [2.45, 2.75) is 27.3 Å². The number of nitrogens with zero attached hydrogens (tertiary/aromatic N) is 3. The summed E-state index contributed by atoms with van der Waals surface area (Å²) in [5.41, 5.74) is 2.57. The predicted molar refractivity (Wildman–Crippen MR) is 122 cm³/mol. The first-order valence-corrected chi connectivity index (χ1v) is 10.4. The molecule has 10 heteroatoms. The molecular formula is C22H21Cl2N5O3. The van der Waals surface area contributed by atoms with Crippen LogP contribution in [0.25, 0.3) is 0 Å². The molecule has 0 fully saturated rings. The van der Waals surface area contributed by atoms with E-state index in [1.807, 2.05) is 6.92 Å². The Hall–Kier alpha value is -3.23. The highest BCUT2D eigenvalue weighted by molar-refractivity contribution is 6.31. The molecule has 0 aliphatic rings. The monoisotopic (exact) mass is 473 g/mol. The number of benzene rings is 1. The summed E-state index contributed by atoms with van der Waals surface area (Å²) in [4.78, 5) is 41.0. The maximum absolute atomic E-state index is 12.9. The number of carbonyl (C=O) groups is 3. The number of ketones is 1. The Bertz CT molecular complexity index is 1210. The molecule has 2 amide bonds. The van der Waals surface area contributed by atoms with Gasteiger partial charge in [-0.1, -0.05) is 23.2 Å². The molecule has 0 atom stereocenters. The van der Waals surface area contributed by atoms with Crippen molar-refractivity contribution in [1.29, 1.82) is 0 Å². The number of nitrogens with one attached hydrogen (secondary N) is 2. The Balaban J connectivity index is 1.85. The molecule has 0 saturated carbocycles. The second-order valence-electron chi connectivity index (χ2n) is 7.24. The van der Waals surface area contributed by atoms with Gasteiger partial charge in [-0.05, 0) is 56.7 Å². The van der Waals surface area contributed by atoms with E-state index in [2.05, 4.69) is 20.7 Å². The molecule has 32 heavy (non-hydrogen) atoms. The van der Waals surface area contributed by atoms with Crippen LogP contribution >= 0.6 is 23.2 Å². The van der Waals surface area contributed by atoms with E-state index in [4.69, 9.17) is 23.2 Å². The maximum Gasteiger partial charge on any atom is 0.276 e. The van der Waals surface area contributed by atoms with Gasteiger partial charge in [-0.25, -0.2) is 0 Å². The fraction of sp³-hybridized carbons (Fsp3) is 0.227. The normalized spacial score (nSPS) is 10.7. The lowest BCUT2D eigenvalue weighted by Gasteiger charge is -2.14. The van der Waals surface area contributed by atoms with Crippen molar-refractivity contribution in [1.82, 2.24) is 20.1 Å². The molecule has 0 bridgehead atoms. The number of anilines is 1. The molecule has 166 valence electrons. The fourth-order valence-corrected chi connectivity index (χ4v) is 3.48. The molecule has 2 N–H and O–H groups in total. The number of rotatable bonds is 7. The van der Waals surface area contributed by atoms with Gasteiger partial charge >= 0.3 is 0 Å². The second kappa shape index (κ2) is 9.93. The van der Waals surface area contributed by atoms with Crippen LogP contribution in [-0.4, -0.2) is 38.9 Å². The van der Waals surface area contributed by atoms with Crippen LogP contribution in [0.5, 0.6) is 0 Å². The molecule has 8 nitrogen and oxygen atoms in total. The molecule has 0 radical (unpaired) electrons. The van der Waals surface area contributed by atoms with Crippen LogP contribution in [0.1, 0.15) is 44.7 Å². The number of aromatic nitrogens is 3. The standard InChI is InChI=1S/C22H21Cl2N5O3/c1-12-7-15(23)9-16(21(31)26-10-14(3)30)20(12)27-22(32)18-8-13(2)29(28-18)11-19-17(24)5-4-6-25-19/h4-9H,10-11H2,1-3H3,(H,26,31)(H,27,32). The largest absolute Gasteiger partial charge is 0.345 e. The highest BCUT2D eigenvalue weighted by atomic mass is 35.5. The maximum atomic E-state index is 12.9. The topological polar surface area (TPSA) is 106 Å². The molecule has 3 rings (SSSR count). The summed E-state index contributed by atoms with van der Waals surface area (Å²) in [6.07, 6.45) is 1.63. The van der Waals surface area contributed by atoms with Crippen LogP contribution in [0.3, 0.4) is 0 Å². The highest BCUT2D eigenvalue weighted by Crippen LogP contribution is 2.26. The van der Waals surface area contributed by atoms with Gasteiger partial charge in [-0.15, -0.1) is 0 Å². The molecule has 0 aliphatic carbocycles. The third-order valence-electron chi connectivity index (χ3n) is 4.63. The van der Waals surface area contributed by atoms with E-state index in [1.165, 1.54) is 13.0 Å². The summed E-state index contributed by atoms with van der Waals surface area (Å²) in [6.45, 7) is 5.07. The van der Waals surface area contributed by atoms with E-state index < -0.39 is 11.8 Å². The summed E-state index contributed by atoms with van der Waals surface area (Å²) in [7, 11) is 0. The van der Waals surface area contributed by atoms with Gasteiger partial charge in [0, 0.05) is 16.9 Å². The first-order chi connectivity index (χ1) is 15.2. The van der Waals surface area contributed by atoms with Gasteiger partial charge < -0.3 is 10.6 Å². The number of aryl methyl sites for hydroxylation is 2. The number of halogens is 2. The van der Waals surface area contributed by atoms with E-state index >= 15 is 0 Å². The Morgan fingerprint density at radius 3 is 2.53 bits per heavy atom. The van der Waals surface area contributed by atoms with E-state index in [0.29, 0.717) is 33.5 Å². The first kappa shape index (κ1) is 23.4. The molecule has 2 heterocycles. The Morgan fingerprint density at radius 2 is 1.84 bits per heavy atom. The average Bonchev–Trinajstić information content (AvgIpc) is 3.10. The second-order valence-corrected chi connectivity index (χ2v) is 8.09. The smallest absolute Gasteiger partial charge is 0.276 e. The van der Waals surface area contributed by atoms with Crippen LogP contribution in [0.15, 0.2) is 36.5 Å². The van der Waals surface area contributed by atoms with Gasteiger partial charge in [0.15, 0.2) is 5.69 Å². The Kier molecular flexibility index (Phi) is 7.27. The lowest BCUT2D eigenvalue weighted by atomic mass is 10.1. The van der Waals surface area contributed by atoms with Crippen LogP contribution < -0.4 is 10.6 Å². The molecular weight excluding hydrogens is 453 g/mol. The summed E-state index contributed by atoms with van der Waals surface area (Å²) in [6, 6.07) is 8.17. The number of hydrogen-bond donors (Lipinski definition) is 2. The van der Waals surface area contributed by atoms with Crippen molar-refractivity contribution in [3.05, 3.63) is 74.8 Å². The molecule has 0 spiro atoms. The van der Waals surface area contributed by atoms with Crippen molar-refractivity contribution in [2.24, 2.45) is 0 Å². The minimum atomic E-state index is -0.521. The van der Waals surface area contributed by atoms with E-state index in [1.54, 1.807) is 42.1 Å². The number of pyridine rings is 1. The van der Waals surface area contributed by atoms with Crippen molar-refractivity contribution >= 4 is 46.5 Å². The zero-order chi connectivity index (χ0) is 23.4. The number of amides is 2. The molecule has 0 unspecified atom stereocenters. The van der Waals surface area contributed by atoms with Crippen LogP contribution in [-0.2, 0) is 11.3 Å². The number of Topliss-reactive ketones (excluding diaryl/α,β-unsaturated/α-hetero) is 1.